The van der Waals surface area contributed by atoms with E-state index in [9.17, 15) is 18.0 Å². The van der Waals surface area contributed by atoms with E-state index in [1.165, 1.54) is 0 Å². The summed E-state index contributed by atoms with van der Waals surface area (Å²) in [6, 6.07) is 1.89. The Labute approximate surface area is 115 Å². The zero-order valence-corrected chi connectivity index (χ0v) is 10.4. The molecule has 1 aromatic carbocycles. The predicted octanol–water partition coefficient (Wildman–Crippen LogP) is 3.57. The Balaban J connectivity index is 2.82. The standard InChI is InChI=1S/C12H6ClF3N2O2/c13-6-2-1-5(11(15)16)7(8(6)14)9-10(12(19)20)18-4-3-17-9/h1-4,11H,(H,19,20). The molecule has 1 heterocycles. The van der Waals surface area contributed by atoms with Crippen molar-refractivity contribution in [1.29, 1.82) is 0 Å². The zero-order valence-electron chi connectivity index (χ0n) is 9.65. The maximum absolute atomic E-state index is 14.0. The van der Waals surface area contributed by atoms with Crippen LogP contribution in [0.25, 0.3) is 11.3 Å². The number of halogens is 4. The van der Waals surface area contributed by atoms with Gasteiger partial charge in [-0.3, -0.25) is 4.98 Å². The number of hydrogen-bond donors (Lipinski definition) is 1. The van der Waals surface area contributed by atoms with E-state index in [4.69, 9.17) is 16.7 Å². The molecule has 0 radical (unpaired) electrons. The van der Waals surface area contributed by atoms with Crippen LogP contribution in [0.2, 0.25) is 5.02 Å². The number of aromatic carboxylic acids is 1. The maximum atomic E-state index is 14.0. The lowest BCUT2D eigenvalue weighted by Crippen LogP contribution is -2.07. The summed E-state index contributed by atoms with van der Waals surface area (Å²) in [6.07, 6.45) is -0.866. The van der Waals surface area contributed by atoms with Gasteiger partial charge in [0, 0.05) is 23.5 Å². The van der Waals surface area contributed by atoms with Crippen LogP contribution in [0, 0.1) is 5.82 Å². The van der Waals surface area contributed by atoms with E-state index in [2.05, 4.69) is 9.97 Å². The van der Waals surface area contributed by atoms with Crippen molar-refractivity contribution in [3.8, 4) is 11.3 Å². The highest BCUT2D eigenvalue weighted by atomic mass is 35.5. The molecule has 1 aromatic heterocycles. The van der Waals surface area contributed by atoms with Gasteiger partial charge in [-0.1, -0.05) is 17.7 Å². The maximum Gasteiger partial charge on any atom is 0.356 e. The van der Waals surface area contributed by atoms with Gasteiger partial charge in [0.25, 0.3) is 6.43 Å². The average Bonchev–Trinajstić information content (AvgIpc) is 2.41. The van der Waals surface area contributed by atoms with E-state index >= 15 is 0 Å². The number of rotatable bonds is 3. The number of carboxylic acid groups (broad SMARTS) is 1. The topological polar surface area (TPSA) is 63.1 Å². The molecule has 0 amide bonds. The number of alkyl halides is 2. The average molecular weight is 303 g/mol. The number of carbonyl (C=O) groups is 1. The molecular formula is C12H6ClF3N2O2. The SMILES string of the molecule is O=C(O)c1nccnc1-c1c(C(F)F)ccc(Cl)c1F. The molecule has 8 heteroatoms. The highest BCUT2D eigenvalue weighted by Gasteiger charge is 2.25. The highest BCUT2D eigenvalue weighted by Crippen LogP contribution is 2.36. The van der Waals surface area contributed by atoms with E-state index in [1.807, 2.05) is 0 Å². The van der Waals surface area contributed by atoms with Gasteiger partial charge in [-0.15, -0.1) is 0 Å². The third-order valence-electron chi connectivity index (χ3n) is 2.50. The molecular weight excluding hydrogens is 297 g/mol. The molecule has 0 saturated carbocycles. The summed E-state index contributed by atoms with van der Waals surface area (Å²) >= 11 is 5.56. The van der Waals surface area contributed by atoms with Gasteiger partial charge in [-0.25, -0.2) is 22.9 Å². The van der Waals surface area contributed by atoms with Crippen molar-refractivity contribution < 1.29 is 23.1 Å². The van der Waals surface area contributed by atoms with Crippen molar-refractivity contribution in [3.05, 3.63) is 46.6 Å². The number of hydrogen-bond acceptors (Lipinski definition) is 3. The van der Waals surface area contributed by atoms with Crippen LogP contribution in [-0.2, 0) is 0 Å². The molecule has 104 valence electrons. The Kier molecular flexibility index (Phi) is 3.89. The zero-order chi connectivity index (χ0) is 14.9. The van der Waals surface area contributed by atoms with Crippen LogP contribution < -0.4 is 0 Å². The van der Waals surface area contributed by atoms with E-state index in [0.717, 1.165) is 24.5 Å². The first-order chi connectivity index (χ1) is 9.43. The number of benzene rings is 1. The molecule has 0 saturated heterocycles. The molecule has 2 aromatic rings. The second-order valence-electron chi connectivity index (χ2n) is 3.68. The minimum absolute atomic E-state index is 0.411. The molecule has 0 unspecified atom stereocenters. The molecule has 2 rings (SSSR count). The summed E-state index contributed by atoms with van der Waals surface area (Å²) in [6.45, 7) is 0. The second-order valence-corrected chi connectivity index (χ2v) is 4.09. The van der Waals surface area contributed by atoms with Crippen molar-refractivity contribution in [3.63, 3.8) is 0 Å². The Morgan fingerprint density at radius 2 is 1.90 bits per heavy atom. The normalized spacial score (nSPS) is 10.8. The Morgan fingerprint density at radius 3 is 2.50 bits per heavy atom. The van der Waals surface area contributed by atoms with Gasteiger partial charge >= 0.3 is 5.97 Å². The van der Waals surface area contributed by atoms with Gasteiger partial charge < -0.3 is 5.11 Å². The molecule has 20 heavy (non-hydrogen) atoms. The summed E-state index contributed by atoms with van der Waals surface area (Å²) in [4.78, 5) is 18.2. The minimum atomic E-state index is -3.01. The van der Waals surface area contributed by atoms with E-state index in [-0.39, 0.29) is 0 Å². The Hall–Kier alpha value is -2.15. The van der Waals surface area contributed by atoms with Gasteiger partial charge in [0.05, 0.1) is 5.02 Å². The summed E-state index contributed by atoms with van der Waals surface area (Å²) < 4.78 is 39.9. The Morgan fingerprint density at radius 1 is 1.25 bits per heavy atom. The van der Waals surface area contributed by atoms with Gasteiger partial charge in [-0.2, -0.15) is 0 Å². The summed E-state index contributed by atoms with van der Waals surface area (Å²) in [5.74, 6) is -2.67. The molecule has 0 fully saturated rings. The van der Waals surface area contributed by atoms with Crippen LogP contribution >= 0.6 is 11.6 Å². The van der Waals surface area contributed by atoms with E-state index < -0.39 is 45.7 Å². The first kappa shape index (κ1) is 14.3. The van der Waals surface area contributed by atoms with Gasteiger partial charge in [-0.05, 0) is 6.07 Å². The molecule has 0 bridgehead atoms. The van der Waals surface area contributed by atoms with Crippen LogP contribution in [0.3, 0.4) is 0 Å². The number of nitrogens with zero attached hydrogens (tertiary/aromatic N) is 2. The fourth-order valence-electron chi connectivity index (χ4n) is 1.67. The third-order valence-corrected chi connectivity index (χ3v) is 2.79. The van der Waals surface area contributed by atoms with Crippen molar-refractivity contribution in [2.24, 2.45) is 0 Å². The number of aromatic nitrogens is 2. The van der Waals surface area contributed by atoms with E-state index in [0.29, 0.717) is 0 Å². The summed E-state index contributed by atoms with van der Waals surface area (Å²) in [5, 5.41) is 8.56. The molecule has 0 aliphatic rings. The van der Waals surface area contributed by atoms with Crippen molar-refractivity contribution in [1.82, 2.24) is 9.97 Å². The lowest BCUT2D eigenvalue weighted by molar-refractivity contribution is 0.0690. The summed E-state index contributed by atoms with van der Waals surface area (Å²) in [5.41, 5.74) is -2.47. The van der Waals surface area contributed by atoms with Crippen LogP contribution in [0.4, 0.5) is 13.2 Å². The lowest BCUT2D eigenvalue weighted by atomic mass is 10.0. The second kappa shape index (κ2) is 5.46. The van der Waals surface area contributed by atoms with Crippen molar-refractivity contribution in [2.45, 2.75) is 6.43 Å². The van der Waals surface area contributed by atoms with Crippen LogP contribution in [0.1, 0.15) is 22.5 Å². The van der Waals surface area contributed by atoms with Crippen LogP contribution in [0.15, 0.2) is 24.5 Å². The number of carboxylic acids is 1. The first-order valence-electron chi connectivity index (χ1n) is 5.24. The molecule has 1 N–H and O–H groups in total. The van der Waals surface area contributed by atoms with Gasteiger partial charge in [0.2, 0.25) is 0 Å². The quantitative estimate of drug-likeness (QED) is 0.941. The highest BCUT2D eigenvalue weighted by molar-refractivity contribution is 6.31. The van der Waals surface area contributed by atoms with Gasteiger partial charge in [0.1, 0.15) is 5.69 Å². The first-order valence-corrected chi connectivity index (χ1v) is 5.62. The lowest BCUT2D eigenvalue weighted by Gasteiger charge is -2.12. The Bertz CT molecular complexity index is 680. The fourth-order valence-corrected chi connectivity index (χ4v) is 1.82. The fraction of sp³-hybridized carbons (Fsp3) is 0.0833. The van der Waals surface area contributed by atoms with E-state index in [1.54, 1.807) is 0 Å². The molecule has 0 aliphatic carbocycles. The van der Waals surface area contributed by atoms with Gasteiger partial charge in [0.15, 0.2) is 11.5 Å². The largest absolute Gasteiger partial charge is 0.476 e. The van der Waals surface area contributed by atoms with Crippen LogP contribution in [0.5, 0.6) is 0 Å². The smallest absolute Gasteiger partial charge is 0.356 e. The van der Waals surface area contributed by atoms with Crippen molar-refractivity contribution >= 4 is 17.6 Å². The molecule has 0 spiro atoms. The van der Waals surface area contributed by atoms with Crippen LogP contribution in [-0.4, -0.2) is 21.0 Å². The summed E-state index contributed by atoms with van der Waals surface area (Å²) in [7, 11) is 0. The monoisotopic (exact) mass is 302 g/mol. The minimum Gasteiger partial charge on any atom is -0.476 e. The molecule has 0 aliphatic heterocycles. The molecule has 0 atom stereocenters. The molecule has 4 nitrogen and oxygen atoms in total. The third kappa shape index (κ3) is 2.44. The predicted molar refractivity (Wildman–Crippen MR) is 64.4 cm³/mol. The van der Waals surface area contributed by atoms with Crippen molar-refractivity contribution in [2.75, 3.05) is 0 Å².